The fourth-order valence-electron chi connectivity index (χ4n) is 0.534. The summed E-state index contributed by atoms with van der Waals surface area (Å²) in [5.74, 6) is 0. The highest BCUT2D eigenvalue weighted by Gasteiger charge is 1.72. The minimum Gasteiger partial charge on any atom is -0.450 e. The van der Waals surface area contributed by atoms with Gasteiger partial charge >= 0.3 is 12.3 Å². The highest BCUT2D eigenvalue weighted by atomic mass is 16.6. The van der Waals surface area contributed by atoms with Crippen molar-refractivity contribution >= 4 is 12.3 Å². The van der Waals surface area contributed by atoms with E-state index in [9.17, 15) is 0 Å². The highest BCUT2D eigenvalue weighted by molar-refractivity contribution is 5.53. The van der Waals surface area contributed by atoms with Crippen molar-refractivity contribution in [3.8, 4) is 0 Å². The first-order valence-corrected chi connectivity index (χ1v) is 5.13. The third-order valence-electron chi connectivity index (χ3n) is 0.940. The number of hydrogen-bond acceptors (Lipinski definition) is 2. The van der Waals surface area contributed by atoms with Crippen molar-refractivity contribution in [1.82, 2.24) is 0 Å². The molecule has 0 aliphatic carbocycles. The van der Waals surface area contributed by atoms with Gasteiger partial charge in [0.15, 0.2) is 0 Å². The van der Waals surface area contributed by atoms with Crippen molar-refractivity contribution in [3.63, 3.8) is 0 Å². The SMILES string of the molecule is CCC.Cc1ccccc1.O=C(O)O.O=C(O)O. The summed E-state index contributed by atoms with van der Waals surface area (Å²) in [4.78, 5) is 17.1. The van der Waals surface area contributed by atoms with E-state index in [-0.39, 0.29) is 0 Å². The predicted octanol–water partition coefficient (Wildman–Crippen LogP) is 3.86. The van der Waals surface area contributed by atoms with Crippen LogP contribution in [0.4, 0.5) is 9.59 Å². The Morgan fingerprint density at radius 3 is 1.22 bits per heavy atom. The van der Waals surface area contributed by atoms with Crippen molar-refractivity contribution < 1.29 is 30.0 Å². The van der Waals surface area contributed by atoms with Crippen LogP contribution in [-0.4, -0.2) is 32.7 Å². The Morgan fingerprint density at radius 1 is 0.889 bits per heavy atom. The number of carboxylic acid groups (broad SMARTS) is 4. The van der Waals surface area contributed by atoms with E-state index in [0.717, 1.165) is 0 Å². The molecule has 104 valence electrons. The average molecular weight is 260 g/mol. The lowest BCUT2D eigenvalue weighted by atomic mass is 10.2. The van der Waals surface area contributed by atoms with Crippen LogP contribution in [-0.2, 0) is 0 Å². The minimum atomic E-state index is -1.83. The lowest BCUT2D eigenvalue weighted by Crippen LogP contribution is -1.81. The Morgan fingerprint density at radius 2 is 1.11 bits per heavy atom. The van der Waals surface area contributed by atoms with Crippen molar-refractivity contribution in [2.24, 2.45) is 0 Å². The smallest absolute Gasteiger partial charge is 0.450 e. The Bertz CT molecular complexity index is 277. The van der Waals surface area contributed by atoms with Crippen LogP contribution in [0, 0.1) is 6.92 Å². The third kappa shape index (κ3) is 67.5. The zero-order valence-corrected chi connectivity index (χ0v) is 10.7. The standard InChI is InChI=1S/C7H8.C3H8.2CH2O3/c1-7-5-3-2-4-6-7;1-3-2;2*2-1(3)4/h2-6H,1H3;3H2,1-2H3;2*(H2,2,3,4). The van der Waals surface area contributed by atoms with Crippen molar-refractivity contribution in [1.29, 1.82) is 0 Å². The van der Waals surface area contributed by atoms with Gasteiger partial charge in [0.05, 0.1) is 0 Å². The molecule has 0 aromatic heterocycles. The molecule has 1 rings (SSSR count). The molecule has 0 radical (unpaired) electrons. The third-order valence-corrected chi connectivity index (χ3v) is 0.940. The maximum absolute atomic E-state index is 8.56. The summed E-state index contributed by atoms with van der Waals surface area (Å²) in [6, 6.07) is 10.3. The lowest BCUT2D eigenvalue weighted by Gasteiger charge is -1.82. The summed E-state index contributed by atoms with van der Waals surface area (Å²) in [6.45, 7) is 6.33. The fraction of sp³-hybridized carbons (Fsp3) is 0.333. The maximum Gasteiger partial charge on any atom is 0.503 e. The van der Waals surface area contributed by atoms with E-state index in [4.69, 9.17) is 30.0 Å². The van der Waals surface area contributed by atoms with Gasteiger partial charge in [0.2, 0.25) is 0 Å². The lowest BCUT2D eigenvalue weighted by molar-refractivity contribution is 0.135. The van der Waals surface area contributed by atoms with Crippen molar-refractivity contribution in [2.75, 3.05) is 0 Å². The minimum absolute atomic E-state index is 1.25. The van der Waals surface area contributed by atoms with E-state index in [1.807, 2.05) is 18.2 Å². The summed E-state index contributed by atoms with van der Waals surface area (Å²) in [5, 5.41) is 27.9. The molecule has 0 saturated carbocycles. The second-order valence-corrected chi connectivity index (χ2v) is 2.93. The van der Waals surface area contributed by atoms with Gasteiger partial charge in [-0.15, -0.1) is 0 Å². The molecule has 4 N–H and O–H groups in total. The normalized spacial score (nSPS) is 7.06. The first kappa shape index (κ1) is 21.1. The van der Waals surface area contributed by atoms with Gasteiger partial charge < -0.3 is 20.4 Å². The Hall–Kier alpha value is -2.24. The topological polar surface area (TPSA) is 115 Å². The quantitative estimate of drug-likeness (QED) is 0.563. The molecular formula is C12H20O6. The molecule has 0 spiro atoms. The maximum atomic E-state index is 8.56. The zero-order chi connectivity index (χ0) is 15.0. The summed E-state index contributed by atoms with van der Waals surface area (Å²) in [6.07, 6.45) is -2.42. The molecule has 0 unspecified atom stereocenters. The van der Waals surface area contributed by atoms with E-state index in [1.54, 1.807) is 0 Å². The van der Waals surface area contributed by atoms with Gasteiger partial charge in [-0.25, -0.2) is 9.59 Å². The Labute approximate surface area is 106 Å². The van der Waals surface area contributed by atoms with E-state index < -0.39 is 12.3 Å². The molecule has 0 saturated heterocycles. The van der Waals surface area contributed by atoms with Crippen molar-refractivity contribution in [3.05, 3.63) is 35.9 Å². The molecule has 1 aromatic rings. The van der Waals surface area contributed by atoms with E-state index in [2.05, 4.69) is 32.9 Å². The Balaban J connectivity index is -0.000000180. The molecule has 6 heteroatoms. The highest BCUT2D eigenvalue weighted by Crippen LogP contribution is 1.92. The summed E-state index contributed by atoms with van der Waals surface area (Å²) in [7, 11) is 0. The monoisotopic (exact) mass is 260 g/mol. The van der Waals surface area contributed by atoms with E-state index >= 15 is 0 Å². The number of carbonyl (C=O) groups is 2. The van der Waals surface area contributed by atoms with Crippen LogP contribution in [0.1, 0.15) is 25.8 Å². The van der Waals surface area contributed by atoms with Crippen LogP contribution in [0.15, 0.2) is 30.3 Å². The van der Waals surface area contributed by atoms with Crippen LogP contribution in [0.5, 0.6) is 0 Å². The number of hydrogen-bond donors (Lipinski definition) is 4. The summed E-state index contributed by atoms with van der Waals surface area (Å²) >= 11 is 0. The molecule has 0 bridgehead atoms. The largest absolute Gasteiger partial charge is 0.503 e. The van der Waals surface area contributed by atoms with E-state index in [0.29, 0.717) is 0 Å². The molecule has 18 heavy (non-hydrogen) atoms. The predicted molar refractivity (Wildman–Crippen MR) is 68.5 cm³/mol. The summed E-state index contributed by atoms with van der Waals surface area (Å²) in [5.41, 5.74) is 1.32. The second kappa shape index (κ2) is 17.2. The average Bonchev–Trinajstić information content (AvgIpc) is 2.18. The molecule has 0 heterocycles. The van der Waals surface area contributed by atoms with Gasteiger partial charge in [0.1, 0.15) is 0 Å². The van der Waals surface area contributed by atoms with Gasteiger partial charge in [-0.3, -0.25) is 0 Å². The van der Waals surface area contributed by atoms with Gasteiger partial charge in [-0.1, -0.05) is 56.2 Å². The van der Waals surface area contributed by atoms with Gasteiger partial charge in [-0.05, 0) is 6.92 Å². The number of benzene rings is 1. The molecular weight excluding hydrogens is 240 g/mol. The summed E-state index contributed by atoms with van der Waals surface area (Å²) < 4.78 is 0. The molecule has 0 aliphatic rings. The molecule has 0 amide bonds. The Kier molecular flexibility index (Phi) is 20.1. The second-order valence-electron chi connectivity index (χ2n) is 2.93. The molecule has 1 aromatic carbocycles. The van der Waals surface area contributed by atoms with Crippen LogP contribution in [0.25, 0.3) is 0 Å². The zero-order valence-electron chi connectivity index (χ0n) is 10.7. The first-order chi connectivity index (χ1) is 8.27. The van der Waals surface area contributed by atoms with Crippen LogP contribution < -0.4 is 0 Å². The molecule has 0 aliphatic heterocycles. The fourth-order valence-corrected chi connectivity index (χ4v) is 0.534. The van der Waals surface area contributed by atoms with Gasteiger partial charge in [0.25, 0.3) is 0 Å². The van der Waals surface area contributed by atoms with Crippen LogP contribution in [0.2, 0.25) is 0 Å². The molecule has 0 fully saturated rings. The van der Waals surface area contributed by atoms with Crippen molar-refractivity contribution in [2.45, 2.75) is 27.2 Å². The van der Waals surface area contributed by atoms with Gasteiger partial charge in [-0.2, -0.15) is 0 Å². The first-order valence-electron chi connectivity index (χ1n) is 5.13. The molecule has 6 nitrogen and oxygen atoms in total. The van der Waals surface area contributed by atoms with E-state index in [1.165, 1.54) is 12.0 Å². The van der Waals surface area contributed by atoms with Crippen LogP contribution >= 0.6 is 0 Å². The number of aryl methyl sites for hydroxylation is 1. The van der Waals surface area contributed by atoms with Gasteiger partial charge in [0, 0.05) is 0 Å². The number of rotatable bonds is 0. The van der Waals surface area contributed by atoms with Crippen LogP contribution in [0.3, 0.4) is 0 Å². The molecule has 0 atom stereocenters.